The second-order valence-electron chi connectivity index (χ2n) is 4.87. The maximum absolute atomic E-state index is 3.26. The maximum Gasteiger partial charge on any atom is 0.00193 e. The van der Waals surface area contributed by atoms with Crippen LogP contribution in [-0.2, 0) is 0 Å². The van der Waals surface area contributed by atoms with Gasteiger partial charge in [-0.1, -0.05) is 13.8 Å². The number of nitrogens with one attached hydrogen (secondary N) is 1. The van der Waals surface area contributed by atoms with Crippen molar-refractivity contribution < 1.29 is 0 Å². The molecule has 0 saturated heterocycles. The van der Waals surface area contributed by atoms with Crippen molar-refractivity contribution in [2.45, 2.75) is 33.1 Å². The quantitative estimate of drug-likeness (QED) is 0.641. The van der Waals surface area contributed by atoms with Gasteiger partial charge in [0.1, 0.15) is 0 Å². The molecular weight excluding hydrogens is 172 g/mol. The fourth-order valence-corrected chi connectivity index (χ4v) is 2.09. The minimum Gasteiger partial charge on any atom is -0.319 e. The van der Waals surface area contributed by atoms with Crippen LogP contribution in [-0.4, -0.2) is 38.1 Å². The van der Waals surface area contributed by atoms with Gasteiger partial charge in [-0.15, -0.1) is 0 Å². The van der Waals surface area contributed by atoms with E-state index in [-0.39, 0.29) is 0 Å². The lowest BCUT2D eigenvalue weighted by atomic mass is 10.1. The van der Waals surface area contributed by atoms with Crippen LogP contribution in [0.3, 0.4) is 0 Å². The monoisotopic (exact) mass is 198 g/mol. The van der Waals surface area contributed by atoms with E-state index in [9.17, 15) is 0 Å². The van der Waals surface area contributed by atoms with E-state index in [2.05, 4.69) is 24.1 Å². The highest BCUT2D eigenvalue weighted by atomic mass is 15.1. The Morgan fingerprint density at radius 1 is 1.43 bits per heavy atom. The largest absolute Gasteiger partial charge is 0.319 e. The van der Waals surface area contributed by atoms with Crippen LogP contribution in [0.25, 0.3) is 0 Å². The highest BCUT2D eigenvalue weighted by Crippen LogP contribution is 2.29. The highest BCUT2D eigenvalue weighted by Gasteiger charge is 2.24. The van der Waals surface area contributed by atoms with Crippen LogP contribution in [0.1, 0.15) is 33.1 Å². The van der Waals surface area contributed by atoms with Crippen molar-refractivity contribution in [2.75, 3.05) is 33.2 Å². The number of hydrogen-bond acceptors (Lipinski definition) is 2. The smallest absolute Gasteiger partial charge is 0.00193 e. The molecule has 0 radical (unpaired) electrons. The summed E-state index contributed by atoms with van der Waals surface area (Å²) >= 11 is 0. The van der Waals surface area contributed by atoms with Gasteiger partial charge in [0.25, 0.3) is 0 Å². The predicted molar refractivity (Wildman–Crippen MR) is 62.5 cm³/mol. The summed E-state index contributed by atoms with van der Waals surface area (Å²) in [5, 5.41) is 3.26. The standard InChI is InChI=1S/C12H26N2/c1-4-7-14(10-12-5-6-12)9-11(2)8-13-3/h11-13H,4-10H2,1-3H3. The third-order valence-corrected chi connectivity index (χ3v) is 2.88. The Morgan fingerprint density at radius 3 is 2.64 bits per heavy atom. The predicted octanol–water partition coefficient (Wildman–Crippen LogP) is 1.96. The molecule has 1 fully saturated rings. The molecule has 1 unspecified atom stereocenters. The molecule has 2 nitrogen and oxygen atoms in total. The molecule has 1 aliphatic rings. The zero-order chi connectivity index (χ0) is 10.4. The molecule has 14 heavy (non-hydrogen) atoms. The lowest BCUT2D eigenvalue weighted by molar-refractivity contribution is 0.227. The van der Waals surface area contributed by atoms with Crippen LogP contribution in [0.2, 0.25) is 0 Å². The molecule has 0 aliphatic heterocycles. The van der Waals surface area contributed by atoms with Crippen LogP contribution in [0.4, 0.5) is 0 Å². The van der Waals surface area contributed by atoms with Crippen LogP contribution in [0.5, 0.6) is 0 Å². The van der Waals surface area contributed by atoms with Crippen LogP contribution in [0.15, 0.2) is 0 Å². The fraction of sp³-hybridized carbons (Fsp3) is 1.00. The van der Waals surface area contributed by atoms with Gasteiger partial charge < -0.3 is 10.2 Å². The summed E-state index contributed by atoms with van der Waals surface area (Å²) in [6, 6.07) is 0. The molecule has 0 aromatic carbocycles. The number of rotatable bonds is 8. The average molecular weight is 198 g/mol. The summed E-state index contributed by atoms with van der Waals surface area (Å²) in [4.78, 5) is 2.65. The van der Waals surface area contributed by atoms with Gasteiger partial charge in [-0.05, 0) is 51.2 Å². The molecule has 0 amide bonds. The van der Waals surface area contributed by atoms with E-state index < -0.39 is 0 Å². The van der Waals surface area contributed by atoms with Gasteiger partial charge in [0.2, 0.25) is 0 Å². The molecule has 1 rings (SSSR count). The maximum atomic E-state index is 3.26. The molecule has 1 saturated carbocycles. The van der Waals surface area contributed by atoms with Gasteiger partial charge in [-0.2, -0.15) is 0 Å². The molecule has 84 valence electrons. The summed E-state index contributed by atoms with van der Waals surface area (Å²) in [5.41, 5.74) is 0. The first-order valence-electron chi connectivity index (χ1n) is 6.13. The Balaban J connectivity index is 2.18. The SMILES string of the molecule is CCCN(CC(C)CNC)CC1CC1. The van der Waals surface area contributed by atoms with E-state index in [0.717, 1.165) is 18.4 Å². The topological polar surface area (TPSA) is 15.3 Å². The minimum absolute atomic E-state index is 0.783. The van der Waals surface area contributed by atoms with Crippen molar-refractivity contribution >= 4 is 0 Å². The summed E-state index contributed by atoms with van der Waals surface area (Å²) in [6.45, 7) is 9.66. The first-order chi connectivity index (χ1) is 6.76. The molecule has 1 aliphatic carbocycles. The van der Waals surface area contributed by atoms with Gasteiger partial charge in [0.05, 0.1) is 0 Å². The molecule has 1 atom stereocenters. The molecule has 0 heterocycles. The molecule has 0 bridgehead atoms. The molecular formula is C12H26N2. The van der Waals surface area contributed by atoms with E-state index in [1.54, 1.807) is 0 Å². The number of hydrogen-bond donors (Lipinski definition) is 1. The first-order valence-corrected chi connectivity index (χ1v) is 6.13. The van der Waals surface area contributed by atoms with Crippen LogP contribution < -0.4 is 5.32 Å². The van der Waals surface area contributed by atoms with Gasteiger partial charge in [-0.3, -0.25) is 0 Å². The average Bonchev–Trinajstić information content (AvgIpc) is 2.89. The van der Waals surface area contributed by atoms with Crippen LogP contribution >= 0.6 is 0 Å². The summed E-state index contributed by atoms with van der Waals surface area (Å²) in [6.07, 6.45) is 4.24. The van der Waals surface area contributed by atoms with E-state index in [4.69, 9.17) is 0 Å². The summed E-state index contributed by atoms with van der Waals surface area (Å²) in [5.74, 6) is 1.81. The first kappa shape index (κ1) is 12.0. The molecule has 0 spiro atoms. The van der Waals surface area contributed by atoms with Gasteiger partial charge >= 0.3 is 0 Å². The van der Waals surface area contributed by atoms with Crippen molar-refractivity contribution in [1.82, 2.24) is 10.2 Å². The lowest BCUT2D eigenvalue weighted by Crippen LogP contribution is -2.34. The molecule has 0 aromatic heterocycles. The Kier molecular flexibility index (Phi) is 5.49. The molecule has 0 aromatic rings. The van der Waals surface area contributed by atoms with E-state index in [1.165, 1.54) is 38.9 Å². The Hall–Kier alpha value is -0.0800. The van der Waals surface area contributed by atoms with Crippen molar-refractivity contribution in [3.63, 3.8) is 0 Å². The Morgan fingerprint density at radius 2 is 2.14 bits per heavy atom. The Labute approximate surface area is 89.1 Å². The fourth-order valence-electron chi connectivity index (χ4n) is 2.09. The van der Waals surface area contributed by atoms with E-state index in [0.29, 0.717) is 0 Å². The van der Waals surface area contributed by atoms with Crippen molar-refractivity contribution in [3.8, 4) is 0 Å². The summed E-state index contributed by atoms with van der Waals surface area (Å²) < 4.78 is 0. The highest BCUT2D eigenvalue weighted by molar-refractivity contribution is 4.78. The second-order valence-corrected chi connectivity index (χ2v) is 4.87. The van der Waals surface area contributed by atoms with Crippen molar-refractivity contribution in [3.05, 3.63) is 0 Å². The van der Waals surface area contributed by atoms with Crippen molar-refractivity contribution in [1.29, 1.82) is 0 Å². The lowest BCUT2D eigenvalue weighted by Gasteiger charge is -2.25. The summed E-state index contributed by atoms with van der Waals surface area (Å²) in [7, 11) is 2.04. The molecule has 1 N–H and O–H groups in total. The number of nitrogens with zero attached hydrogens (tertiary/aromatic N) is 1. The van der Waals surface area contributed by atoms with Crippen molar-refractivity contribution in [2.24, 2.45) is 11.8 Å². The second kappa shape index (κ2) is 6.41. The van der Waals surface area contributed by atoms with E-state index in [1.807, 2.05) is 7.05 Å². The third kappa shape index (κ3) is 4.97. The zero-order valence-corrected chi connectivity index (χ0v) is 10.1. The third-order valence-electron chi connectivity index (χ3n) is 2.88. The Bertz CT molecular complexity index is 143. The van der Waals surface area contributed by atoms with E-state index >= 15 is 0 Å². The van der Waals surface area contributed by atoms with Gasteiger partial charge in [-0.25, -0.2) is 0 Å². The van der Waals surface area contributed by atoms with Crippen LogP contribution in [0, 0.1) is 11.8 Å². The zero-order valence-electron chi connectivity index (χ0n) is 10.1. The van der Waals surface area contributed by atoms with Gasteiger partial charge in [0, 0.05) is 13.1 Å². The molecule has 2 heteroatoms. The minimum atomic E-state index is 0.783. The normalized spacial score (nSPS) is 18.9. The van der Waals surface area contributed by atoms with Gasteiger partial charge in [0.15, 0.2) is 0 Å².